The highest BCUT2D eigenvalue weighted by molar-refractivity contribution is 7.11. The van der Waals surface area contributed by atoms with Crippen molar-refractivity contribution in [2.24, 2.45) is 0 Å². The van der Waals surface area contributed by atoms with Gasteiger partial charge in [-0.3, -0.25) is 9.59 Å². The summed E-state index contributed by atoms with van der Waals surface area (Å²) in [6.45, 7) is 2.85. The van der Waals surface area contributed by atoms with Crippen molar-refractivity contribution in [2.75, 3.05) is 19.6 Å². The van der Waals surface area contributed by atoms with Crippen molar-refractivity contribution in [3.63, 3.8) is 0 Å². The van der Waals surface area contributed by atoms with Gasteiger partial charge in [-0.1, -0.05) is 13.0 Å². The number of nitrogens with zero attached hydrogens (tertiary/aromatic N) is 2. The number of rotatable bonds is 7. The number of benzene rings is 1. The summed E-state index contributed by atoms with van der Waals surface area (Å²) in [5.74, 6) is -0.988. The maximum Gasteiger partial charge on any atom is 0.416 e. The molecule has 3 N–H and O–H groups in total. The van der Waals surface area contributed by atoms with Crippen LogP contribution in [0.15, 0.2) is 30.5 Å². The molecule has 0 spiro atoms. The number of aryl methyl sites for hydroxylation is 1. The fourth-order valence-corrected chi connectivity index (χ4v) is 5.82. The summed E-state index contributed by atoms with van der Waals surface area (Å²) in [7, 11) is 0. The number of hydrogen-bond acceptors (Lipinski definition) is 6. The third kappa shape index (κ3) is 6.24. The van der Waals surface area contributed by atoms with Gasteiger partial charge in [0, 0.05) is 41.8 Å². The molecular weight excluding hydrogens is 493 g/mol. The maximum atomic E-state index is 12.9. The molecule has 0 unspecified atom stereocenters. The van der Waals surface area contributed by atoms with Gasteiger partial charge in [0.15, 0.2) is 0 Å². The Hall–Kier alpha value is -2.50. The highest BCUT2D eigenvalue weighted by Crippen LogP contribution is 2.39. The Morgan fingerprint density at radius 3 is 2.64 bits per heavy atom. The summed E-state index contributed by atoms with van der Waals surface area (Å²) in [5.41, 5.74) is -1.92. The summed E-state index contributed by atoms with van der Waals surface area (Å²) < 4.78 is 38.6. The number of aliphatic hydroxyl groups is 1. The van der Waals surface area contributed by atoms with Crippen LogP contribution in [0.4, 0.5) is 13.2 Å². The highest BCUT2D eigenvalue weighted by Gasteiger charge is 2.38. The minimum Gasteiger partial charge on any atom is -0.383 e. The van der Waals surface area contributed by atoms with Crippen molar-refractivity contribution in [3.05, 3.63) is 51.5 Å². The maximum absolute atomic E-state index is 12.9. The van der Waals surface area contributed by atoms with Gasteiger partial charge in [0.1, 0.15) is 10.6 Å². The van der Waals surface area contributed by atoms with Crippen molar-refractivity contribution in [1.82, 2.24) is 20.5 Å². The van der Waals surface area contributed by atoms with E-state index in [1.165, 1.54) is 17.0 Å². The van der Waals surface area contributed by atoms with Gasteiger partial charge in [-0.2, -0.15) is 13.2 Å². The molecule has 2 amide bonds. The molecule has 1 saturated heterocycles. The Kier molecular flexibility index (Phi) is 8.01. The van der Waals surface area contributed by atoms with Crippen LogP contribution in [0.3, 0.4) is 0 Å². The zero-order valence-electron chi connectivity index (χ0n) is 20.1. The second kappa shape index (κ2) is 10.9. The van der Waals surface area contributed by atoms with Gasteiger partial charge in [-0.05, 0) is 56.7 Å². The molecule has 1 atom stereocenters. The van der Waals surface area contributed by atoms with Gasteiger partial charge in [0.2, 0.25) is 5.91 Å². The highest BCUT2D eigenvalue weighted by atomic mass is 32.1. The molecule has 36 heavy (non-hydrogen) atoms. The molecule has 0 radical (unpaired) electrons. The molecule has 2 aliphatic rings. The predicted molar refractivity (Wildman–Crippen MR) is 130 cm³/mol. The van der Waals surface area contributed by atoms with Gasteiger partial charge in [0.25, 0.3) is 5.91 Å². The molecular formula is C25H31F3N4O3S. The molecule has 4 rings (SSSR count). The molecule has 196 valence electrons. The third-order valence-corrected chi connectivity index (χ3v) is 8.31. The lowest BCUT2D eigenvalue weighted by Crippen LogP contribution is -2.46. The number of carbonyl (C=O) groups is 2. The van der Waals surface area contributed by atoms with Crippen LogP contribution in [0.25, 0.3) is 0 Å². The first kappa shape index (κ1) is 26.6. The van der Waals surface area contributed by atoms with Crippen LogP contribution in [-0.4, -0.2) is 58.5 Å². The molecule has 7 nitrogen and oxygen atoms in total. The van der Waals surface area contributed by atoms with Crippen molar-refractivity contribution in [3.8, 4) is 0 Å². The molecule has 1 saturated carbocycles. The number of aromatic nitrogens is 1. The SMILES string of the molecule is CCc1cnc(C2(O)CCC(N[C@H]3CCN(C(=O)CNC(=O)c4cccc(C(F)(F)F)c4)C3)CC2)s1. The average molecular weight is 525 g/mol. The number of likely N-dealkylation sites (tertiary alicyclic amines) is 1. The Balaban J connectivity index is 1.21. The fourth-order valence-electron chi connectivity index (χ4n) is 4.82. The van der Waals surface area contributed by atoms with E-state index in [0.29, 0.717) is 25.9 Å². The number of nitrogens with one attached hydrogen (secondary N) is 2. The predicted octanol–water partition coefficient (Wildman–Crippen LogP) is 3.48. The van der Waals surface area contributed by atoms with Gasteiger partial charge in [-0.25, -0.2) is 4.98 Å². The van der Waals surface area contributed by atoms with E-state index in [1.807, 2.05) is 6.20 Å². The van der Waals surface area contributed by atoms with Crippen LogP contribution < -0.4 is 10.6 Å². The summed E-state index contributed by atoms with van der Waals surface area (Å²) in [5, 5.41) is 17.9. The number of halogens is 3. The topological polar surface area (TPSA) is 94.6 Å². The zero-order valence-corrected chi connectivity index (χ0v) is 20.9. The van der Waals surface area contributed by atoms with E-state index in [2.05, 4.69) is 22.5 Å². The first-order valence-corrected chi connectivity index (χ1v) is 13.1. The summed E-state index contributed by atoms with van der Waals surface area (Å²) in [6, 6.07) is 4.49. The van der Waals surface area contributed by atoms with Crippen LogP contribution in [-0.2, 0) is 23.0 Å². The molecule has 1 aliphatic carbocycles. The van der Waals surface area contributed by atoms with Gasteiger partial charge < -0.3 is 20.6 Å². The van der Waals surface area contributed by atoms with Crippen molar-refractivity contribution in [2.45, 2.75) is 69.3 Å². The summed E-state index contributed by atoms with van der Waals surface area (Å²) in [6.07, 6.45) is 1.89. The smallest absolute Gasteiger partial charge is 0.383 e. The standard InChI is InChI=1S/C25H31F3N4O3S/c1-2-20-13-30-23(36-20)24(35)9-6-18(7-10-24)31-19-8-11-32(15-19)21(33)14-29-22(34)16-4-3-5-17(12-16)25(26,27)28/h3-5,12-13,18-19,31,35H,2,6-11,14-15H2,1H3,(H,29,34)/t18?,19-,24?/m0/s1. The largest absolute Gasteiger partial charge is 0.416 e. The lowest BCUT2D eigenvalue weighted by molar-refractivity contribution is -0.137. The average Bonchev–Trinajstić information content (AvgIpc) is 3.54. The minimum absolute atomic E-state index is 0.121. The van der Waals surface area contributed by atoms with Gasteiger partial charge in [0.05, 0.1) is 12.1 Å². The summed E-state index contributed by atoms with van der Waals surface area (Å²) in [4.78, 5) is 32.1. The number of thiazole rings is 1. The molecule has 2 heterocycles. The van der Waals surface area contributed by atoms with E-state index in [4.69, 9.17) is 0 Å². The monoisotopic (exact) mass is 524 g/mol. The number of alkyl halides is 3. The molecule has 0 bridgehead atoms. The zero-order chi connectivity index (χ0) is 25.9. The fraction of sp³-hybridized carbons (Fsp3) is 0.560. The normalized spacial score (nSPS) is 24.6. The minimum atomic E-state index is -4.54. The number of carbonyl (C=O) groups excluding carboxylic acids is 2. The van der Waals surface area contributed by atoms with Gasteiger partial charge in [-0.15, -0.1) is 11.3 Å². The molecule has 11 heteroatoms. The van der Waals surface area contributed by atoms with Crippen LogP contribution in [0, 0.1) is 0 Å². The Labute approximate surface area is 212 Å². The molecule has 1 aromatic carbocycles. The lowest BCUT2D eigenvalue weighted by Gasteiger charge is -2.36. The third-order valence-electron chi connectivity index (χ3n) is 6.98. The van der Waals surface area contributed by atoms with E-state index < -0.39 is 23.2 Å². The number of hydrogen-bond donors (Lipinski definition) is 3. The first-order chi connectivity index (χ1) is 17.1. The number of amides is 2. The molecule has 2 aromatic rings. The lowest BCUT2D eigenvalue weighted by atomic mass is 9.82. The Morgan fingerprint density at radius 1 is 1.22 bits per heavy atom. The van der Waals surface area contributed by atoms with Gasteiger partial charge >= 0.3 is 6.18 Å². The summed E-state index contributed by atoms with van der Waals surface area (Å²) >= 11 is 1.58. The quantitative estimate of drug-likeness (QED) is 0.516. The van der Waals surface area contributed by atoms with E-state index in [1.54, 1.807) is 16.2 Å². The second-order valence-electron chi connectivity index (χ2n) is 9.54. The van der Waals surface area contributed by atoms with Crippen LogP contribution in [0.5, 0.6) is 0 Å². The van der Waals surface area contributed by atoms with E-state index in [9.17, 15) is 27.9 Å². The van der Waals surface area contributed by atoms with Crippen molar-refractivity contribution in [1.29, 1.82) is 0 Å². The van der Waals surface area contributed by atoms with Crippen molar-refractivity contribution < 1.29 is 27.9 Å². The van der Waals surface area contributed by atoms with E-state index in [-0.39, 0.29) is 30.1 Å². The van der Waals surface area contributed by atoms with Crippen molar-refractivity contribution >= 4 is 23.2 Å². The van der Waals surface area contributed by atoms with Crippen LogP contribution in [0.2, 0.25) is 0 Å². The van der Waals surface area contributed by atoms with E-state index in [0.717, 1.165) is 42.8 Å². The molecule has 2 fully saturated rings. The molecule has 1 aliphatic heterocycles. The second-order valence-corrected chi connectivity index (χ2v) is 10.7. The van der Waals surface area contributed by atoms with Crippen LogP contribution in [0.1, 0.15) is 64.8 Å². The molecule has 1 aromatic heterocycles. The Bertz CT molecular complexity index is 1080. The Morgan fingerprint density at radius 2 is 1.97 bits per heavy atom. The van der Waals surface area contributed by atoms with Crippen LogP contribution >= 0.6 is 11.3 Å². The first-order valence-electron chi connectivity index (χ1n) is 12.2. The van der Waals surface area contributed by atoms with E-state index >= 15 is 0 Å².